The van der Waals surface area contributed by atoms with Crippen molar-refractivity contribution in [1.82, 2.24) is 4.98 Å². The van der Waals surface area contributed by atoms with Crippen LogP contribution in [-0.2, 0) is 16.0 Å². The van der Waals surface area contributed by atoms with Gasteiger partial charge < -0.3 is 9.47 Å². The third-order valence-electron chi connectivity index (χ3n) is 2.20. The van der Waals surface area contributed by atoms with Gasteiger partial charge in [0.15, 0.2) is 5.69 Å². The van der Waals surface area contributed by atoms with Crippen LogP contribution in [0.2, 0.25) is 0 Å². The minimum Gasteiger partial charge on any atom is -0.490 e. The van der Waals surface area contributed by atoms with Crippen molar-refractivity contribution in [2.24, 2.45) is 0 Å². The van der Waals surface area contributed by atoms with Crippen LogP contribution in [0, 0.1) is 10.1 Å². The lowest BCUT2D eigenvalue weighted by molar-refractivity contribution is -0.387. The van der Waals surface area contributed by atoms with Gasteiger partial charge in [0.25, 0.3) is 6.43 Å². The van der Waals surface area contributed by atoms with Crippen molar-refractivity contribution in [3.05, 3.63) is 27.6 Å². The van der Waals surface area contributed by atoms with Crippen LogP contribution in [-0.4, -0.2) is 30.1 Å². The molecule has 0 spiro atoms. The van der Waals surface area contributed by atoms with E-state index in [4.69, 9.17) is 0 Å². The van der Waals surface area contributed by atoms with Crippen molar-refractivity contribution < 1.29 is 28.0 Å². The molecule has 0 aliphatic carbocycles. The van der Waals surface area contributed by atoms with Crippen LogP contribution in [0.15, 0.2) is 6.07 Å². The lowest BCUT2D eigenvalue weighted by atomic mass is 10.2. The second kappa shape index (κ2) is 6.03. The lowest BCUT2D eigenvalue weighted by Crippen LogP contribution is -2.10. The second-order valence-electron chi connectivity index (χ2n) is 3.36. The third-order valence-corrected chi connectivity index (χ3v) is 2.20. The van der Waals surface area contributed by atoms with Crippen molar-refractivity contribution in [3.8, 4) is 5.75 Å². The number of rotatable bonds is 5. The van der Waals surface area contributed by atoms with Crippen molar-refractivity contribution in [1.29, 1.82) is 0 Å². The van der Waals surface area contributed by atoms with Gasteiger partial charge in [-0.1, -0.05) is 0 Å². The number of nitrogens with zero attached hydrogens (tertiary/aromatic N) is 2. The Labute approximate surface area is 106 Å². The Balaban J connectivity index is 3.36. The van der Waals surface area contributed by atoms with Gasteiger partial charge in [-0.05, 0) is 0 Å². The molecule has 0 bridgehead atoms. The summed E-state index contributed by atoms with van der Waals surface area (Å²) in [5, 5.41) is 10.8. The number of aromatic nitrogens is 1. The summed E-state index contributed by atoms with van der Waals surface area (Å²) in [5.74, 6) is -1.09. The van der Waals surface area contributed by atoms with Gasteiger partial charge in [0.2, 0.25) is 5.75 Å². The number of carbonyl (C=O) groups is 1. The molecule has 1 heterocycles. The molecule has 9 heteroatoms. The highest BCUT2D eigenvalue weighted by Gasteiger charge is 2.30. The molecule has 0 N–H and O–H groups in total. The summed E-state index contributed by atoms with van der Waals surface area (Å²) >= 11 is 0. The zero-order valence-corrected chi connectivity index (χ0v) is 10.1. The van der Waals surface area contributed by atoms with E-state index in [0.29, 0.717) is 0 Å². The van der Waals surface area contributed by atoms with Crippen molar-refractivity contribution in [2.45, 2.75) is 12.8 Å². The molecule has 0 fully saturated rings. The molecule has 1 rings (SSSR count). The van der Waals surface area contributed by atoms with Gasteiger partial charge in [0.05, 0.1) is 31.3 Å². The Morgan fingerprint density at radius 3 is 2.58 bits per heavy atom. The molecular formula is C10H10F2N2O5. The molecular weight excluding hydrogens is 266 g/mol. The van der Waals surface area contributed by atoms with E-state index in [1.54, 1.807) is 0 Å². The molecule has 1 aromatic rings. The van der Waals surface area contributed by atoms with Gasteiger partial charge in [-0.3, -0.25) is 14.9 Å². The fourth-order valence-electron chi connectivity index (χ4n) is 1.39. The zero-order chi connectivity index (χ0) is 14.6. The molecule has 0 atom stereocenters. The van der Waals surface area contributed by atoms with E-state index < -0.39 is 28.7 Å². The van der Waals surface area contributed by atoms with Crippen molar-refractivity contribution in [3.63, 3.8) is 0 Å². The van der Waals surface area contributed by atoms with E-state index in [1.807, 2.05) is 0 Å². The van der Waals surface area contributed by atoms with Gasteiger partial charge >= 0.3 is 11.7 Å². The molecule has 0 aliphatic rings. The van der Waals surface area contributed by atoms with Crippen LogP contribution < -0.4 is 4.74 Å². The number of alkyl halides is 2. The molecule has 0 unspecified atom stereocenters. The average Bonchev–Trinajstić information content (AvgIpc) is 2.36. The fourth-order valence-corrected chi connectivity index (χ4v) is 1.39. The number of carbonyl (C=O) groups excluding carboxylic acids is 1. The van der Waals surface area contributed by atoms with Crippen LogP contribution in [0.1, 0.15) is 17.8 Å². The predicted octanol–water partition coefficient (Wildman–Crippen LogP) is 1.65. The highest BCUT2D eigenvalue weighted by molar-refractivity contribution is 5.72. The first kappa shape index (κ1) is 14.7. The first-order chi connectivity index (χ1) is 8.90. The van der Waals surface area contributed by atoms with Crippen molar-refractivity contribution >= 4 is 11.7 Å². The first-order valence-corrected chi connectivity index (χ1v) is 4.97. The highest BCUT2D eigenvalue weighted by atomic mass is 19.3. The maximum atomic E-state index is 12.8. The van der Waals surface area contributed by atoms with E-state index in [2.05, 4.69) is 14.5 Å². The molecule has 0 amide bonds. The number of pyridine rings is 1. The summed E-state index contributed by atoms with van der Waals surface area (Å²) in [6.45, 7) is 0. The van der Waals surface area contributed by atoms with E-state index in [9.17, 15) is 23.7 Å². The first-order valence-electron chi connectivity index (χ1n) is 4.97. The summed E-state index contributed by atoms with van der Waals surface area (Å²) in [6, 6.07) is 1.06. The molecule has 7 nitrogen and oxygen atoms in total. The monoisotopic (exact) mass is 276 g/mol. The Hall–Kier alpha value is -2.32. The SMILES string of the molecule is COC(=O)Cc1cc(OC)c([N+](=O)[O-])c(C(F)F)n1. The normalized spacial score (nSPS) is 10.4. The summed E-state index contributed by atoms with van der Waals surface area (Å²) in [5.41, 5.74) is -2.04. The number of halogens is 2. The molecule has 104 valence electrons. The van der Waals surface area contributed by atoms with E-state index >= 15 is 0 Å². The average molecular weight is 276 g/mol. The smallest absolute Gasteiger partial charge is 0.338 e. The van der Waals surface area contributed by atoms with Gasteiger partial charge in [0, 0.05) is 6.07 Å². The third kappa shape index (κ3) is 3.33. The lowest BCUT2D eigenvalue weighted by Gasteiger charge is -2.08. The summed E-state index contributed by atoms with van der Waals surface area (Å²) in [4.78, 5) is 24.2. The van der Waals surface area contributed by atoms with Crippen LogP contribution in [0.5, 0.6) is 5.75 Å². The Bertz CT molecular complexity index is 507. The summed E-state index contributed by atoms with van der Waals surface area (Å²) < 4.78 is 34.6. The molecule has 0 saturated heterocycles. The summed E-state index contributed by atoms with van der Waals surface area (Å²) in [6.07, 6.45) is -3.54. The van der Waals surface area contributed by atoms with Gasteiger partial charge in [-0.15, -0.1) is 0 Å². The van der Waals surface area contributed by atoms with Gasteiger partial charge in [-0.25, -0.2) is 13.8 Å². The molecule has 0 radical (unpaired) electrons. The number of ether oxygens (including phenoxy) is 2. The number of hydrogen-bond donors (Lipinski definition) is 0. The van der Waals surface area contributed by atoms with E-state index in [1.165, 1.54) is 0 Å². The zero-order valence-electron chi connectivity index (χ0n) is 10.1. The molecule has 0 aromatic carbocycles. The summed E-state index contributed by atoms with van der Waals surface area (Å²) in [7, 11) is 2.22. The second-order valence-corrected chi connectivity index (χ2v) is 3.36. The molecule has 1 aromatic heterocycles. The maximum absolute atomic E-state index is 12.8. The van der Waals surface area contributed by atoms with Gasteiger partial charge in [0.1, 0.15) is 0 Å². The van der Waals surface area contributed by atoms with Crippen LogP contribution in [0.3, 0.4) is 0 Å². The fraction of sp³-hybridized carbons (Fsp3) is 0.400. The predicted molar refractivity (Wildman–Crippen MR) is 58.1 cm³/mol. The van der Waals surface area contributed by atoms with Crippen molar-refractivity contribution in [2.75, 3.05) is 14.2 Å². The topological polar surface area (TPSA) is 91.6 Å². The number of esters is 1. The standard InChI is InChI=1S/C10H10F2N2O5/c1-18-6-3-5(4-7(15)19-2)13-8(10(11)12)9(6)14(16)17/h3,10H,4H2,1-2H3. The molecule has 0 saturated carbocycles. The molecule has 0 aliphatic heterocycles. The highest BCUT2D eigenvalue weighted by Crippen LogP contribution is 2.35. The van der Waals surface area contributed by atoms with Crippen LogP contribution in [0.4, 0.5) is 14.5 Å². The van der Waals surface area contributed by atoms with Gasteiger partial charge in [-0.2, -0.15) is 0 Å². The van der Waals surface area contributed by atoms with Crippen LogP contribution >= 0.6 is 0 Å². The number of methoxy groups -OCH3 is 2. The largest absolute Gasteiger partial charge is 0.490 e. The number of nitro groups is 1. The Kier molecular flexibility index (Phi) is 4.67. The van der Waals surface area contributed by atoms with E-state index in [0.717, 1.165) is 20.3 Å². The Morgan fingerprint density at radius 2 is 2.16 bits per heavy atom. The minimum atomic E-state index is -3.16. The number of hydrogen-bond acceptors (Lipinski definition) is 6. The molecule has 19 heavy (non-hydrogen) atoms. The quantitative estimate of drug-likeness (QED) is 0.461. The van der Waals surface area contributed by atoms with E-state index in [-0.39, 0.29) is 17.9 Å². The minimum absolute atomic E-state index is 0.0930. The maximum Gasteiger partial charge on any atom is 0.338 e. The van der Waals surface area contributed by atoms with Crippen LogP contribution in [0.25, 0.3) is 0 Å². The Morgan fingerprint density at radius 1 is 1.53 bits per heavy atom.